The second-order valence-corrected chi connectivity index (χ2v) is 10.6. The predicted molar refractivity (Wildman–Crippen MR) is 117 cm³/mol. The molecule has 1 atom stereocenters. The van der Waals surface area contributed by atoms with Crippen molar-refractivity contribution in [1.29, 1.82) is 0 Å². The second kappa shape index (κ2) is 8.91. The molecule has 2 aliphatic heterocycles. The predicted octanol–water partition coefficient (Wildman–Crippen LogP) is 3.38. The van der Waals surface area contributed by atoms with Gasteiger partial charge in [0.25, 0.3) is 5.91 Å². The van der Waals surface area contributed by atoms with Crippen LogP contribution in [0.25, 0.3) is 4.91 Å². The molecule has 0 saturated carbocycles. The van der Waals surface area contributed by atoms with E-state index >= 15 is 0 Å². The van der Waals surface area contributed by atoms with Gasteiger partial charge in [0.2, 0.25) is 5.76 Å². The van der Waals surface area contributed by atoms with Crippen molar-refractivity contribution in [2.24, 2.45) is 0 Å². The summed E-state index contributed by atoms with van der Waals surface area (Å²) >= 11 is 1.59. The Hall–Kier alpha value is -2.16. The van der Waals surface area contributed by atoms with Crippen molar-refractivity contribution in [2.45, 2.75) is 32.4 Å². The summed E-state index contributed by atoms with van der Waals surface area (Å²) in [6.45, 7) is 3.48. The molecule has 3 heterocycles. The third kappa shape index (κ3) is 4.45. The first kappa shape index (κ1) is 21.1. The fourth-order valence-electron chi connectivity index (χ4n) is 3.76. The molecule has 6 nitrogen and oxygen atoms in total. The van der Waals surface area contributed by atoms with Gasteiger partial charge in [0.1, 0.15) is 11.5 Å². The normalized spacial score (nSPS) is 20.8. The number of hydrogen-bond acceptors (Lipinski definition) is 6. The molecule has 8 heteroatoms. The molecule has 0 N–H and O–H groups in total. The molecule has 2 aromatic rings. The zero-order chi connectivity index (χ0) is 21.1. The highest BCUT2D eigenvalue weighted by Crippen LogP contribution is 2.32. The largest absolute Gasteiger partial charge is 0.486 e. The van der Waals surface area contributed by atoms with Crippen LogP contribution in [0.1, 0.15) is 28.8 Å². The number of sulfone groups is 1. The average Bonchev–Trinajstić information content (AvgIpc) is 3.39. The van der Waals surface area contributed by atoms with Crippen molar-refractivity contribution in [3.63, 3.8) is 0 Å². The monoisotopic (exact) mass is 447 g/mol. The Morgan fingerprint density at radius 3 is 2.67 bits per heavy atom. The molecule has 1 fully saturated rings. The molecule has 1 unspecified atom stereocenters. The van der Waals surface area contributed by atoms with Crippen molar-refractivity contribution in [1.82, 2.24) is 4.90 Å². The quantitative estimate of drug-likeness (QED) is 0.679. The van der Waals surface area contributed by atoms with Crippen molar-refractivity contribution in [3.05, 3.63) is 63.5 Å². The van der Waals surface area contributed by atoms with E-state index in [4.69, 9.17) is 9.47 Å². The van der Waals surface area contributed by atoms with Crippen LogP contribution in [-0.2, 0) is 30.7 Å². The van der Waals surface area contributed by atoms with E-state index in [0.29, 0.717) is 25.3 Å². The number of aryl methyl sites for hydroxylation is 1. The maximum absolute atomic E-state index is 13.6. The lowest BCUT2D eigenvalue weighted by Crippen LogP contribution is -2.40. The van der Waals surface area contributed by atoms with Gasteiger partial charge in [0, 0.05) is 18.0 Å². The molecule has 0 bridgehead atoms. The standard InChI is InChI=1S/C22H25NO5S2/c1-16-9-12-29-19(16)15-23(14-18-8-5-10-27-18)22(24)20-21(17-6-3-2-4-7-17)30(25,26)13-11-28-20/h2-4,6-7,9,12,18H,5,8,10-11,13-15H2,1H3. The van der Waals surface area contributed by atoms with E-state index in [9.17, 15) is 13.2 Å². The Balaban J connectivity index is 1.73. The van der Waals surface area contributed by atoms with E-state index in [1.165, 1.54) is 0 Å². The second-order valence-electron chi connectivity index (χ2n) is 7.54. The zero-order valence-corrected chi connectivity index (χ0v) is 18.5. The maximum Gasteiger partial charge on any atom is 0.290 e. The van der Waals surface area contributed by atoms with E-state index in [0.717, 1.165) is 23.3 Å². The average molecular weight is 448 g/mol. The molecule has 1 aromatic heterocycles. The number of carbonyl (C=O) groups is 1. The molecule has 0 radical (unpaired) electrons. The minimum atomic E-state index is -3.62. The summed E-state index contributed by atoms with van der Waals surface area (Å²) in [6.07, 6.45) is 1.81. The van der Waals surface area contributed by atoms with E-state index < -0.39 is 15.7 Å². The van der Waals surface area contributed by atoms with Gasteiger partial charge in [0.05, 0.1) is 18.4 Å². The molecule has 1 aromatic carbocycles. The van der Waals surface area contributed by atoms with Crippen LogP contribution in [-0.4, -0.2) is 50.8 Å². The first-order valence-corrected chi connectivity index (χ1v) is 12.6. The molecule has 0 spiro atoms. The minimum absolute atomic E-state index is 0.0143. The lowest BCUT2D eigenvalue weighted by molar-refractivity contribution is -0.132. The number of thiophene rings is 1. The van der Waals surface area contributed by atoms with Crippen molar-refractivity contribution >= 4 is 32.0 Å². The Labute approximate surface area is 181 Å². The van der Waals surface area contributed by atoms with Gasteiger partial charge in [-0.05, 0) is 42.3 Å². The van der Waals surface area contributed by atoms with Gasteiger partial charge >= 0.3 is 0 Å². The summed E-state index contributed by atoms with van der Waals surface area (Å²) in [5.74, 6) is -0.621. The van der Waals surface area contributed by atoms with E-state index in [1.54, 1.807) is 40.5 Å². The van der Waals surface area contributed by atoms with Crippen molar-refractivity contribution < 1.29 is 22.7 Å². The van der Waals surface area contributed by atoms with E-state index in [2.05, 4.69) is 0 Å². The lowest BCUT2D eigenvalue weighted by atomic mass is 10.1. The van der Waals surface area contributed by atoms with Crippen LogP contribution in [0.5, 0.6) is 0 Å². The highest BCUT2D eigenvalue weighted by atomic mass is 32.2. The Morgan fingerprint density at radius 1 is 1.20 bits per heavy atom. The third-order valence-corrected chi connectivity index (χ3v) is 8.14. The molecule has 1 amide bonds. The van der Waals surface area contributed by atoms with Crippen LogP contribution in [0.4, 0.5) is 0 Å². The summed E-state index contributed by atoms with van der Waals surface area (Å²) < 4.78 is 37.3. The van der Waals surface area contributed by atoms with Gasteiger partial charge in [-0.15, -0.1) is 11.3 Å². The first-order valence-electron chi connectivity index (χ1n) is 10.0. The van der Waals surface area contributed by atoms with Crippen LogP contribution < -0.4 is 0 Å². The van der Waals surface area contributed by atoms with E-state index in [-0.39, 0.29) is 29.1 Å². The smallest absolute Gasteiger partial charge is 0.290 e. The number of benzene rings is 1. The van der Waals surface area contributed by atoms with Gasteiger partial charge in [-0.3, -0.25) is 4.79 Å². The van der Waals surface area contributed by atoms with Gasteiger partial charge in [-0.2, -0.15) is 0 Å². The van der Waals surface area contributed by atoms with Gasteiger partial charge in [0.15, 0.2) is 9.84 Å². The summed E-state index contributed by atoms with van der Waals surface area (Å²) in [5, 5.41) is 2.00. The van der Waals surface area contributed by atoms with Crippen molar-refractivity contribution in [2.75, 3.05) is 25.5 Å². The Kier molecular flexibility index (Phi) is 6.26. The number of ether oxygens (including phenoxy) is 2. The third-order valence-electron chi connectivity index (χ3n) is 5.38. The molecular weight excluding hydrogens is 422 g/mol. The topological polar surface area (TPSA) is 72.9 Å². The summed E-state index contributed by atoms with van der Waals surface area (Å²) in [5.41, 5.74) is 1.59. The van der Waals surface area contributed by atoms with Crippen LogP contribution in [0.3, 0.4) is 0 Å². The highest BCUT2D eigenvalue weighted by Gasteiger charge is 2.36. The molecule has 4 rings (SSSR count). The Morgan fingerprint density at radius 2 is 2.00 bits per heavy atom. The highest BCUT2D eigenvalue weighted by molar-refractivity contribution is 8.00. The van der Waals surface area contributed by atoms with E-state index in [1.807, 2.05) is 24.4 Å². The van der Waals surface area contributed by atoms with Gasteiger partial charge in [-0.25, -0.2) is 8.42 Å². The Bertz CT molecular complexity index is 1040. The molecule has 30 heavy (non-hydrogen) atoms. The molecule has 2 aliphatic rings. The maximum atomic E-state index is 13.6. The fraction of sp³-hybridized carbons (Fsp3) is 0.409. The number of amides is 1. The van der Waals surface area contributed by atoms with Gasteiger partial charge < -0.3 is 14.4 Å². The molecular formula is C22H25NO5S2. The number of carbonyl (C=O) groups excluding carboxylic acids is 1. The number of hydrogen-bond donors (Lipinski definition) is 0. The van der Waals surface area contributed by atoms with Gasteiger partial charge in [-0.1, -0.05) is 30.3 Å². The summed E-state index contributed by atoms with van der Waals surface area (Å²) in [4.78, 5) is 16.4. The summed E-state index contributed by atoms with van der Waals surface area (Å²) in [7, 11) is -3.62. The lowest BCUT2D eigenvalue weighted by Gasteiger charge is -2.29. The molecule has 0 aliphatic carbocycles. The first-order chi connectivity index (χ1) is 14.5. The van der Waals surface area contributed by atoms with Crippen LogP contribution in [0.2, 0.25) is 0 Å². The summed E-state index contributed by atoms with van der Waals surface area (Å²) in [6, 6.07) is 10.7. The SMILES string of the molecule is Cc1ccsc1CN(CC1CCCO1)C(=O)C1=C(c2ccccc2)S(=O)(=O)CCO1. The number of nitrogens with zero attached hydrogens (tertiary/aromatic N) is 1. The van der Waals surface area contributed by atoms with Crippen LogP contribution in [0, 0.1) is 6.92 Å². The molecule has 160 valence electrons. The van der Waals surface area contributed by atoms with Crippen LogP contribution in [0.15, 0.2) is 47.5 Å². The van der Waals surface area contributed by atoms with Crippen LogP contribution >= 0.6 is 11.3 Å². The number of rotatable bonds is 6. The minimum Gasteiger partial charge on any atom is -0.486 e. The zero-order valence-electron chi connectivity index (χ0n) is 16.9. The fourth-order valence-corrected chi connectivity index (χ4v) is 6.11. The molecule has 1 saturated heterocycles. The van der Waals surface area contributed by atoms with Crippen molar-refractivity contribution in [3.8, 4) is 0 Å².